The van der Waals surface area contributed by atoms with E-state index >= 15 is 0 Å². The summed E-state index contributed by atoms with van der Waals surface area (Å²) in [4.78, 5) is 33.2. The lowest BCUT2D eigenvalue weighted by Gasteiger charge is -2.37. The zero-order valence-electron chi connectivity index (χ0n) is 15.2. The second kappa shape index (κ2) is 6.82. The molecule has 1 aliphatic rings. The molecule has 2 heterocycles. The molecular formula is C20H25N3O2. The first-order chi connectivity index (χ1) is 11.9. The molecule has 0 radical (unpaired) electrons. The summed E-state index contributed by atoms with van der Waals surface area (Å²) >= 11 is 0. The van der Waals surface area contributed by atoms with Crippen LogP contribution in [0.3, 0.4) is 0 Å². The van der Waals surface area contributed by atoms with Crippen molar-refractivity contribution in [1.29, 1.82) is 0 Å². The van der Waals surface area contributed by atoms with Gasteiger partial charge >= 0.3 is 0 Å². The number of benzene rings is 1. The van der Waals surface area contributed by atoms with Crippen molar-refractivity contribution in [2.24, 2.45) is 5.41 Å². The van der Waals surface area contributed by atoms with Gasteiger partial charge in [0, 0.05) is 43.2 Å². The van der Waals surface area contributed by atoms with E-state index in [9.17, 15) is 9.59 Å². The lowest BCUT2D eigenvalue weighted by atomic mass is 9.94. The molecule has 25 heavy (non-hydrogen) atoms. The Kier molecular flexibility index (Phi) is 4.75. The maximum atomic E-state index is 12.7. The molecule has 5 nitrogen and oxygen atoms in total. The second-order valence-electron chi connectivity index (χ2n) is 7.59. The van der Waals surface area contributed by atoms with E-state index in [0.29, 0.717) is 32.6 Å². The molecule has 2 amide bonds. The van der Waals surface area contributed by atoms with Gasteiger partial charge in [-0.1, -0.05) is 45.0 Å². The quantitative estimate of drug-likeness (QED) is 0.845. The highest BCUT2D eigenvalue weighted by Crippen LogP contribution is 2.20. The maximum absolute atomic E-state index is 12.7. The highest BCUT2D eigenvalue weighted by molar-refractivity contribution is 5.88. The van der Waals surface area contributed by atoms with Crippen LogP contribution < -0.4 is 0 Å². The molecule has 0 unspecified atom stereocenters. The first-order valence-electron chi connectivity index (χ1n) is 8.76. The molecule has 0 N–H and O–H groups in total. The summed E-state index contributed by atoms with van der Waals surface area (Å²) in [5.41, 5.74) is 1.47. The molecule has 1 aliphatic heterocycles. The second-order valence-corrected chi connectivity index (χ2v) is 7.59. The van der Waals surface area contributed by atoms with E-state index in [2.05, 4.69) is 4.98 Å². The van der Waals surface area contributed by atoms with Crippen LogP contribution in [0.1, 0.15) is 26.3 Å². The molecule has 1 saturated heterocycles. The van der Waals surface area contributed by atoms with E-state index in [1.54, 1.807) is 6.20 Å². The molecular weight excluding hydrogens is 314 g/mol. The molecule has 0 spiro atoms. The molecule has 1 aromatic heterocycles. The normalized spacial score (nSPS) is 15.5. The predicted octanol–water partition coefficient (Wildman–Crippen LogP) is 2.49. The Bertz CT molecular complexity index is 782. The van der Waals surface area contributed by atoms with E-state index in [1.165, 1.54) is 0 Å². The van der Waals surface area contributed by atoms with Crippen LogP contribution >= 0.6 is 0 Å². The van der Waals surface area contributed by atoms with E-state index in [4.69, 9.17) is 0 Å². The highest BCUT2D eigenvalue weighted by atomic mass is 16.2. The third-order valence-electron chi connectivity index (χ3n) is 4.62. The van der Waals surface area contributed by atoms with E-state index in [1.807, 2.05) is 60.9 Å². The molecule has 3 rings (SSSR count). The molecule has 1 aromatic carbocycles. The van der Waals surface area contributed by atoms with Crippen molar-refractivity contribution in [3.8, 4) is 0 Å². The van der Waals surface area contributed by atoms with Crippen molar-refractivity contribution >= 4 is 22.7 Å². The van der Waals surface area contributed by atoms with Gasteiger partial charge in [0.25, 0.3) is 0 Å². The minimum atomic E-state index is -0.374. The SMILES string of the molecule is CC(C)(C)C(=O)N1CCN(C(=O)Cc2cccc3cccnc23)CC1. The lowest BCUT2D eigenvalue weighted by Crippen LogP contribution is -2.53. The number of rotatable bonds is 2. The summed E-state index contributed by atoms with van der Waals surface area (Å²) in [5, 5.41) is 1.05. The molecule has 0 bridgehead atoms. The van der Waals surface area contributed by atoms with Gasteiger partial charge in [0.1, 0.15) is 0 Å². The summed E-state index contributed by atoms with van der Waals surface area (Å²) in [6, 6.07) is 9.85. The number of hydrogen-bond donors (Lipinski definition) is 0. The summed E-state index contributed by atoms with van der Waals surface area (Å²) in [6.07, 6.45) is 2.11. The van der Waals surface area contributed by atoms with Crippen LogP contribution in [0.2, 0.25) is 0 Å². The van der Waals surface area contributed by atoms with Crippen LogP contribution in [0.25, 0.3) is 10.9 Å². The Labute approximate surface area is 148 Å². The number of carbonyl (C=O) groups is 2. The van der Waals surface area contributed by atoms with Crippen molar-refractivity contribution in [3.63, 3.8) is 0 Å². The zero-order valence-corrected chi connectivity index (χ0v) is 15.2. The van der Waals surface area contributed by atoms with Gasteiger partial charge in [0.2, 0.25) is 11.8 Å². The standard InChI is InChI=1S/C20H25N3O2/c1-20(2,3)19(25)23-12-10-22(11-13-23)17(24)14-16-7-4-6-15-8-5-9-21-18(15)16/h4-9H,10-14H2,1-3H3. The van der Waals surface area contributed by atoms with E-state index in [0.717, 1.165) is 16.5 Å². The first kappa shape index (κ1) is 17.4. The number of carbonyl (C=O) groups excluding carboxylic acids is 2. The molecule has 0 aliphatic carbocycles. The van der Waals surface area contributed by atoms with Crippen molar-refractivity contribution in [2.75, 3.05) is 26.2 Å². The fourth-order valence-electron chi connectivity index (χ4n) is 3.22. The summed E-state index contributed by atoms with van der Waals surface area (Å²) in [7, 11) is 0. The number of fused-ring (bicyclic) bond motifs is 1. The molecule has 0 saturated carbocycles. The first-order valence-corrected chi connectivity index (χ1v) is 8.76. The van der Waals surface area contributed by atoms with Crippen LogP contribution in [0.4, 0.5) is 0 Å². The maximum Gasteiger partial charge on any atom is 0.228 e. The van der Waals surface area contributed by atoms with Crippen molar-refractivity contribution in [1.82, 2.24) is 14.8 Å². The van der Waals surface area contributed by atoms with Gasteiger partial charge in [0.05, 0.1) is 11.9 Å². The lowest BCUT2D eigenvalue weighted by molar-refractivity contribution is -0.144. The monoisotopic (exact) mass is 339 g/mol. The van der Waals surface area contributed by atoms with Gasteiger partial charge in [-0.15, -0.1) is 0 Å². The molecule has 132 valence electrons. The molecule has 2 aromatic rings. The summed E-state index contributed by atoms with van der Waals surface area (Å²) < 4.78 is 0. The van der Waals surface area contributed by atoms with E-state index < -0.39 is 0 Å². The zero-order chi connectivity index (χ0) is 18.0. The Morgan fingerprint density at radius 3 is 2.32 bits per heavy atom. The predicted molar refractivity (Wildman–Crippen MR) is 98.1 cm³/mol. The van der Waals surface area contributed by atoms with E-state index in [-0.39, 0.29) is 17.2 Å². The smallest absolute Gasteiger partial charge is 0.228 e. The number of amides is 2. The number of nitrogens with zero attached hydrogens (tertiary/aromatic N) is 3. The highest BCUT2D eigenvalue weighted by Gasteiger charge is 2.30. The van der Waals surface area contributed by atoms with Gasteiger partial charge in [0.15, 0.2) is 0 Å². The number of aromatic nitrogens is 1. The largest absolute Gasteiger partial charge is 0.339 e. The average Bonchev–Trinajstić information content (AvgIpc) is 2.61. The summed E-state index contributed by atoms with van der Waals surface area (Å²) in [6.45, 7) is 8.20. The van der Waals surface area contributed by atoms with Gasteiger partial charge in [-0.2, -0.15) is 0 Å². The molecule has 1 fully saturated rings. The Morgan fingerprint density at radius 2 is 1.64 bits per heavy atom. The van der Waals surface area contributed by atoms with Gasteiger partial charge in [-0.3, -0.25) is 14.6 Å². The van der Waals surface area contributed by atoms with Crippen molar-refractivity contribution < 1.29 is 9.59 Å². The van der Waals surface area contributed by atoms with Gasteiger partial charge in [-0.05, 0) is 11.6 Å². The third-order valence-corrected chi connectivity index (χ3v) is 4.62. The van der Waals surface area contributed by atoms with Crippen molar-refractivity contribution in [3.05, 3.63) is 42.1 Å². The van der Waals surface area contributed by atoms with Gasteiger partial charge in [-0.25, -0.2) is 0 Å². The third kappa shape index (κ3) is 3.81. The molecule has 5 heteroatoms. The Morgan fingerprint density at radius 1 is 1.00 bits per heavy atom. The summed E-state index contributed by atoms with van der Waals surface area (Å²) in [5.74, 6) is 0.249. The fraction of sp³-hybridized carbons (Fsp3) is 0.450. The van der Waals surface area contributed by atoms with Crippen LogP contribution in [-0.2, 0) is 16.0 Å². The number of pyridine rings is 1. The number of hydrogen-bond acceptors (Lipinski definition) is 3. The van der Waals surface area contributed by atoms with Gasteiger partial charge < -0.3 is 9.80 Å². The topological polar surface area (TPSA) is 53.5 Å². The molecule has 0 atom stereocenters. The average molecular weight is 339 g/mol. The fourth-order valence-corrected chi connectivity index (χ4v) is 3.22. The van der Waals surface area contributed by atoms with Crippen molar-refractivity contribution in [2.45, 2.75) is 27.2 Å². The van der Waals surface area contributed by atoms with Crippen LogP contribution in [0, 0.1) is 5.41 Å². The Balaban J connectivity index is 1.64. The number of piperazine rings is 1. The van der Waals surface area contributed by atoms with Crippen LogP contribution in [0.5, 0.6) is 0 Å². The Hall–Kier alpha value is -2.43. The van der Waals surface area contributed by atoms with Crippen LogP contribution in [-0.4, -0.2) is 52.8 Å². The van der Waals surface area contributed by atoms with Crippen LogP contribution in [0.15, 0.2) is 36.5 Å². The minimum absolute atomic E-state index is 0.0982. The number of para-hydroxylation sites is 1. The minimum Gasteiger partial charge on any atom is -0.339 e.